The Labute approximate surface area is 175 Å². The molecule has 0 N–H and O–H groups in total. The number of benzene rings is 1. The van der Waals surface area contributed by atoms with Crippen LogP contribution < -0.4 is 5.56 Å². The van der Waals surface area contributed by atoms with Crippen LogP contribution in [-0.2, 0) is 35.5 Å². The van der Waals surface area contributed by atoms with Crippen LogP contribution >= 0.6 is 0 Å². The van der Waals surface area contributed by atoms with E-state index >= 15 is 0 Å². The SMILES string of the molecule is Cn1cc(-c2cc(CS(C)(=O)=O)cc3oc(C4CC4)nc23)c2c(c1=O)CC(C)(C)C2. The van der Waals surface area contributed by atoms with Crippen molar-refractivity contribution < 1.29 is 12.8 Å². The summed E-state index contributed by atoms with van der Waals surface area (Å²) in [6.07, 6.45) is 6.79. The van der Waals surface area contributed by atoms with Crippen LogP contribution in [0.2, 0.25) is 0 Å². The summed E-state index contributed by atoms with van der Waals surface area (Å²) in [6.45, 7) is 4.35. The lowest BCUT2D eigenvalue weighted by Gasteiger charge is -2.16. The molecule has 0 saturated heterocycles. The van der Waals surface area contributed by atoms with Crippen LogP contribution in [0.4, 0.5) is 0 Å². The highest BCUT2D eigenvalue weighted by atomic mass is 32.2. The predicted octanol–water partition coefficient (Wildman–Crippen LogP) is 3.74. The van der Waals surface area contributed by atoms with E-state index in [-0.39, 0.29) is 16.7 Å². The predicted molar refractivity (Wildman–Crippen MR) is 116 cm³/mol. The first kappa shape index (κ1) is 19.5. The zero-order valence-electron chi connectivity index (χ0n) is 17.8. The van der Waals surface area contributed by atoms with Gasteiger partial charge in [0.05, 0.1) is 5.75 Å². The van der Waals surface area contributed by atoms with Gasteiger partial charge in [-0.1, -0.05) is 13.8 Å². The van der Waals surface area contributed by atoms with Crippen molar-refractivity contribution in [1.82, 2.24) is 9.55 Å². The second-order valence-electron chi connectivity index (χ2n) is 9.82. The Morgan fingerprint density at radius 3 is 2.53 bits per heavy atom. The number of hydrogen-bond donors (Lipinski definition) is 0. The molecule has 1 aromatic carbocycles. The molecule has 6 nitrogen and oxygen atoms in total. The van der Waals surface area contributed by atoms with Crippen molar-refractivity contribution in [2.75, 3.05) is 6.26 Å². The second-order valence-corrected chi connectivity index (χ2v) is 12.0. The zero-order chi connectivity index (χ0) is 21.4. The molecular formula is C23H26N2O4S. The van der Waals surface area contributed by atoms with E-state index in [4.69, 9.17) is 9.40 Å². The first-order chi connectivity index (χ1) is 14.0. The van der Waals surface area contributed by atoms with E-state index in [1.807, 2.05) is 12.3 Å². The molecule has 0 bridgehead atoms. The summed E-state index contributed by atoms with van der Waals surface area (Å²) in [4.78, 5) is 17.6. The number of nitrogens with zero attached hydrogens (tertiary/aromatic N) is 2. The van der Waals surface area contributed by atoms with Gasteiger partial charge in [0.15, 0.2) is 21.3 Å². The van der Waals surface area contributed by atoms with Crippen molar-refractivity contribution in [2.45, 2.75) is 51.2 Å². The van der Waals surface area contributed by atoms with Crippen LogP contribution in [0.25, 0.3) is 22.2 Å². The number of aryl methyl sites for hydroxylation is 1. The normalized spacial score (nSPS) is 18.1. The van der Waals surface area contributed by atoms with Gasteiger partial charge in [-0.05, 0) is 54.4 Å². The van der Waals surface area contributed by atoms with E-state index in [2.05, 4.69) is 13.8 Å². The van der Waals surface area contributed by atoms with E-state index in [1.54, 1.807) is 17.7 Å². The standard InChI is InChI=1S/C23H26N2O4S/c1-23(2)9-16-17(10-23)22(26)25(3)11-18(16)15-7-13(12-30(4,27)28)8-19-20(15)24-21(29-19)14-5-6-14/h7-8,11,14H,5-6,9-10,12H2,1-4H3. The first-order valence-electron chi connectivity index (χ1n) is 10.3. The van der Waals surface area contributed by atoms with Gasteiger partial charge in [-0.3, -0.25) is 4.79 Å². The van der Waals surface area contributed by atoms with Crippen molar-refractivity contribution >= 4 is 20.9 Å². The maximum absolute atomic E-state index is 12.8. The minimum atomic E-state index is -3.20. The molecule has 7 heteroatoms. The van der Waals surface area contributed by atoms with Crippen LogP contribution in [0.15, 0.2) is 27.5 Å². The quantitative estimate of drug-likeness (QED) is 0.635. The Hall–Kier alpha value is -2.41. The molecule has 1 saturated carbocycles. The zero-order valence-corrected chi connectivity index (χ0v) is 18.6. The molecule has 30 heavy (non-hydrogen) atoms. The number of aromatic nitrogens is 2. The van der Waals surface area contributed by atoms with Crippen LogP contribution in [0.5, 0.6) is 0 Å². The molecule has 2 aromatic heterocycles. The Balaban J connectivity index is 1.79. The minimum absolute atomic E-state index is 0.0110. The van der Waals surface area contributed by atoms with E-state index in [9.17, 15) is 13.2 Å². The topological polar surface area (TPSA) is 82.2 Å². The number of pyridine rings is 1. The lowest BCUT2D eigenvalue weighted by atomic mass is 9.89. The second kappa shape index (κ2) is 6.30. The lowest BCUT2D eigenvalue weighted by Crippen LogP contribution is -2.22. The van der Waals surface area contributed by atoms with Gasteiger partial charge in [0.25, 0.3) is 5.56 Å². The van der Waals surface area contributed by atoms with Crippen molar-refractivity contribution in [2.24, 2.45) is 12.5 Å². The average molecular weight is 427 g/mol. The molecule has 1 fully saturated rings. The maximum atomic E-state index is 12.8. The van der Waals surface area contributed by atoms with Gasteiger partial charge in [0, 0.05) is 42.1 Å². The molecule has 5 rings (SSSR count). The fourth-order valence-electron chi connectivity index (χ4n) is 4.67. The Kier molecular flexibility index (Phi) is 4.10. The molecule has 2 aliphatic rings. The largest absolute Gasteiger partial charge is 0.440 e. The van der Waals surface area contributed by atoms with Gasteiger partial charge in [0.1, 0.15) is 5.52 Å². The highest BCUT2D eigenvalue weighted by Crippen LogP contribution is 2.44. The molecular weight excluding hydrogens is 400 g/mol. The van der Waals surface area contributed by atoms with Gasteiger partial charge in [-0.25, -0.2) is 13.4 Å². The summed E-state index contributed by atoms with van der Waals surface area (Å²) in [5.74, 6) is 1.02. The molecule has 0 atom stereocenters. The third-order valence-corrected chi connectivity index (χ3v) is 6.98. The van der Waals surface area contributed by atoms with Crippen LogP contribution in [0.1, 0.15) is 55.2 Å². The van der Waals surface area contributed by atoms with E-state index in [0.717, 1.165) is 59.3 Å². The van der Waals surface area contributed by atoms with Crippen LogP contribution in [-0.4, -0.2) is 24.2 Å². The minimum Gasteiger partial charge on any atom is -0.440 e. The van der Waals surface area contributed by atoms with E-state index < -0.39 is 9.84 Å². The molecule has 0 spiro atoms. The fraction of sp³-hybridized carbons (Fsp3) is 0.478. The molecule has 0 aliphatic heterocycles. The van der Waals surface area contributed by atoms with E-state index in [0.29, 0.717) is 17.1 Å². The molecule has 0 unspecified atom stereocenters. The Morgan fingerprint density at radius 1 is 1.17 bits per heavy atom. The van der Waals surface area contributed by atoms with Gasteiger partial charge >= 0.3 is 0 Å². The summed E-state index contributed by atoms with van der Waals surface area (Å²) < 4.78 is 31.7. The average Bonchev–Trinajstić information content (AvgIpc) is 3.30. The van der Waals surface area contributed by atoms with E-state index in [1.165, 1.54) is 6.26 Å². The van der Waals surface area contributed by atoms with Gasteiger partial charge in [-0.2, -0.15) is 0 Å². The summed E-state index contributed by atoms with van der Waals surface area (Å²) in [6, 6.07) is 3.71. The third kappa shape index (κ3) is 3.39. The molecule has 0 radical (unpaired) electrons. The smallest absolute Gasteiger partial charge is 0.253 e. The lowest BCUT2D eigenvalue weighted by molar-refractivity contribution is 0.392. The maximum Gasteiger partial charge on any atom is 0.253 e. The number of fused-ring (bicyclic) bond motifs is 2. The number of rotatable bonds is 4. The molecule has 158 valence electrons. The Morgan fingerprint density at radius 2 is 1.87 bits per heavy atom. The number of oxazole rings is 1. The number of hydrogen-bond acceptors (Lipinski definition) is 5. The van der Waals surface area contributed by atoms with Gasteiger partial charge < -0.3 is 8.98 Å². The summed E-state index contributed by atoms with van der Waals surface area (Å²) in [5.41, 5.74) is 5.81. The van der Waals surface area contributed by atoms with Gasteiger partial charge in [-0.15, -0.1) is 0 Å². The van der Waals surface area contributed by atoms with Crippen molar-refractivity contribution in [3.63, 3.8) is 0 Å². The summed E-state index contributed by atoms with van der Waals surface area (Å²) >= 11 is 0. The van der Waals surface area contributed by atoms with Crippen molar-refractivity contribution in [3.8, 4) is 11.1 Å². The third-order valence-electron chi connectivity index (χ3n) is 6.12. The highest BCUT2D eigenvalue weighted by molar-refractivity contribution is 7.89. The molecule has 3 aromatic rings. The monoisotopic (exact) mass is 426 g/mol. The number of sulfone groups is 1. The fourth-order valence-corrected chi connectivity index (χ4v) is 5.44. The molecule has 0 amide bonds. The van der Waals surface area contributed by atoms with Crippen molar-refractivity contribution in [1.29, 1.82) is 0 Å². The molecule has 2 aliphatic carbocycles. The van der Waals surface area contributed by atoms with Crippen LogP contribution in [0, 0.1) is 5.41 Å². The van der Waals surface area contributed by atoms with Crippen LogP contribution in [0.3, 0.4) is 0 Å². The van der Waals surface area contributed by atoms with Gasteiger partial charge in [0.2, 0.25) is 0 Å². The Bertz CT molecular complexity index is 1360. The summed E-state index contributed by atoms with van der Waals surface area (Å²) in [7, 11) is -1.43. The molecule has 2 heterocycles. The highest BCUT2D eigenvalue weighted by Gasteiger charge is 2.34. The van der Waals surface area contributed by atoms with Crippen molar-refractivity contribution in [3.05, 3.63) is 51.3 Å². The summed E-state index contributed by atoms with van der Waals surface area (Å²) in [5, 5.41) is 0. The first-order valence-corrected chi connectivity index (χ1v) is 12.4.